The van der Waals surface area contributed by atoms with Crippen molar-refractivity contribution in [1.29, 1.82) is 0 Å². The van der Waals surface area contributed by atoms with Gasteiger partial charge in [-0.05, 0) is 11.6 Å². The van der Waals surface area contributed by atoms with Crippen LogP contribution in [0.5, 0.6) is 5.75 Å². The molecule has 0 atom stereocenters. The van der Waals surface area contributed by atoms with Crippen LogP contribution in [0.4, 0.5) is 11.5 Å². The first kappa shape index (κ1) is 11.4. The van der Waals surface area contributed by atoms with Crippen LogP contribution in [0, 0.1) is 10.1 Å². The van der Waals surface area contributed by atoms with E-state index in [2.05, 4.69) is 9.97 Å². The zero-order valence-corrected chi connectivity index (χ0v) is 9.87. The molecule has 0 unspecified atom stereocenters. The minimum absolute atomic E-state index is 0.148. The molecule has 7 nitrogen and oxygen atoms in total. The number of anilines is 1. The SMILES string of the molecule is Nc1ncnc(-c2cccc3c2OCC3)c1[N+](=O)[O-]. The molecule has 0 aliphatic carbocycles. The molecule has 2 heterocycles. The molecule has 0 amide bonds. The zero-order chi connectivity index (χ0) is 13.4. The normalized spacial score (nSPS) is 12.8. The number of ether oxygens (including phenoxy) is 1. The van der Waals surface area contributed by atoms with Crippen molar-refractivity contribution in [3.8, 4) is 17.0 Å². The third kappa shape index (κ3) is 1.75. The summed E-state index contributed by atoms with van der Waals surface area (Å²) in [5, 5.41) is 11.1. The minimum Gasteiger partial charge on any atom is -0.492 e. The molecule has 0 spiro atoms. The van der Waals surface area contributed by atoms with Gasteiger partial charge in [0.1, 0.15) is 12.1 Å². The fourth-order valence-electron chi connectivity index (χ4n) is 2.17. The Kier molecular flexibility index (Phi) is 2.52. The number of benzene rings is 1. The highest BCUT2D eigenvalue weighted by Gasteiger charge is 2.26. The molecule has 7 heteroatoms. The molecule has 2 N–H and O–H groups in total. The van der Waals surface area contributed by atoms with E-state index in [-0.39, 0.29) is 17.2 Å². The van der Waals surface area contributed by atoms with Gasteiger partial charge in [-0.15, -0.1) is 0 Å². The first-order valence-corrected chi connectivity index (χ1v) is 5.68. The number of hydrogen-bond acceptors (Lipinski definition) is 6. The van der Waals surface area contributed by atoms with Crippen molar-refractivity contribution in [3.05, 3.63) is 40.2 Å². The molecule has 0 fully saturated rings. The van der Waals surface area contributed by atoms with Crippen molar-refractivity contribution in [2.45, 2.75) is 6.42 Å². The molecule has 1 aromatic heterocycles. The quantitative estimate of drug-likeness (QED) is 0.647. The molecule has 2 aromatic rings. The van der Waals surface area contributed by atoms with Gasteiger partial charge in [-0.2, -0.15) is 0 Å². The minimum atomic E-state index is -0.570. The predicted octanol–water partition coefficient (Wildman–Crippen LogP) is 1.57. The van der Waals surface area contributed by atoms with Crippen LogP contribution in [0.2, 0.25) is 0 Å². The second kappa shape index (κ2) is 4.20. The smallest absolute Gasteiger partial charge is 0.337 e. The summed E-state index contributed by atoms with van der Waals surface area (Å²) in [7, 11) is 0. The molecular weight excluding hydrogens is 248 g/mol. The number of para-hydroxylation sites is 1. The van der Waals surface area contributed by atoms with E-state index in [1.807, 2.05) is 12.1 Å². The van der Waals surface area contributed by atoms with E-state index in [0.29, 0.717) is 17.9 Å². The molecule has 19 heavy (non-hydrogen) atoms. The topological polar surface area (TPSA) is 104 Å². The number of nitrogens with two attached hydrogens (primary N) is 1. The van der Waals surface area contributed by atoms with Gasteiger partial charge in [-0.3, -0.25) is 10.1 Å². The standard InChI is InChI=1S/C12H10N4O3/c13-12-10(16(17)18)9(14-6-15-12)8-3-1-2-7-4-5-19-11(7)8/h1-3,6H,4-5H2,(H2,13,14,15). The highest BCUT2D eigenvalue weighted by Crippen LogP contribution is 2.40. The van der Waals surface area contributed by atoms with Crippen LogP contribution < -0.4 is 10.5 Å². The average molecular weight is 258 g/mol. The molecule has 1 aliphatic rings. The second-order valence-electron chi connectivity index (χ2n) is 4.11. The lowest BCUT2D eigenvalue weighted by molar-refractivity contribution is -0.383. The summed E-state index contributed by atoms with van der Waals surface area (Å²) in [6.07, 6.45) is 2.00. The van der Waals surface area contributed by atoms with Crippen molar-refractivity contribution in [3.63, 3.8) is 0 Å². The lowest BCUT2D eigenvalue weighted by atomic mass is 10.0. The number of nitrogens with zero attached hydrogens (tertiary/aromatic N) is 3. The third-order valence-corrected chi connectivity index (χ3v) is 3.00. The van der Waals surface area contributed by atoms with Crippen LogP contribution >= 0.6 is 0 Å². The Labute approximate surface area is 108 Å². The Morgan fingerprint density at radius 1 is 1.37 bits per heavy atom. The van der Waals surface area contributed by atoms with E-state index >= 15 is 0 Å². The van der Waals surface area contributed by atoms with Gasteiger partial charge < -0.3 is 10.5 Å². The molecule has 0 bridgehead atoms. The van der Waals surface area contributed by atoms with Crippen LogP contribution in [0.3, 0.4) is 0 Å². The Hall–Kier alpha value is -2.70. The zero-order valence-electron chi connectivity index (χ0n) is 9.87. The van der Waals surface area contributed by atoms with Gasteiger partial charge in [0.2, 0.25) is 5.82 Å². The van der Waals surface area contributed by atoms with Crippen molar-refractivity contribution in [1.82, 2.24) is 9.97 Å². The lowest BCUT2D eigenvalue weighted by Gasteiger charge is -2.08. The van der Waals surface area contributed by atoms with Crippen LogP contribution in [-0.2, 0) is 6.42 Å². The maximum absolute atomic E-state index is 11.1. The number of rotatable bonds is 2. The Balaban J connectivity index is 2.27. The molecule has 96 valence electrons. The predicted molar refractivity (Wildman–Crippen MR) is 67.7 cm³/mol. The summed E-state index contributed by atoms with van der Waals surface area (Å²) in [6, 6.07) is 5.49. The Morgan fingerprint density at radius 2 is 2.21 bits per heavy atom. The van der Waals surface area contributed by atoms with Crippen LogP contribution in [-0.4, -0.2) is 21.5 Å². The summed E-state index contributed by atoms with van der Waals surface area (Å²) in [5.41, 5.74) is 7.07. The maximum Gasteiger partial charge on any atom is 0.337 e. The van der Waals surface area contributed by atoms with Crippen molar-refractivity contribution < 1.29 is 9.66 Å². The van der Waals surface area contributed by atoms with E-state index in [4.69, 9.17) is 10.5 Å². The van der Waals surface area contributed by atoms with Gasteiger partial charge in [-0.1, -0.05) is 12.1 Å². The summed E-state index contributed by atoms with van der Waals surface area (Å²) in [6.45, 7) is 0.570. The van der Waals surface area contributed by atoms with Gasteiger partial charge in [-0.25, -0.2) is 9.97 Å². The van der Waals surface area contributed by atoms with Crippen molar-refractivity contribution >= 4 is 11.5 Å². The van der Waals surface area contributed by atoms with Crippen LogP contribution in [0.25, 0.3) is 11.3 Å². The molecule has 0 saturated heterocycles. The van der Waals surface area contributed by atoms with Gasteiger partial charge >= 0.3 is 5.69 Å². The van der Waals surface area contributed by atoms with E-state index in [9.17, 15) is 10.1 Å². The Bertz CT molecular complexity index is 672. The largest absolute Gasteiger partial charge is 0.492 e. The van der Waals surface area contributed by atoms with Crippen LogP contribution in [0.1, 0.15) is 5.56 Å². The summed E-state index contributed by atoms with van der Waals surface area (Å²) in [5.74, 6) is 0.495. The maximum atomic E-state index is 11.1. The van der Waals surface area contributed by atoms with Crippen molar-refractivity contribution in [2.75, 3.05) is 12.3 Å². The van der Waals surface area contributed by atoms with E-state index in [0.717, 1.165) is 12.0 Å². The molecule has 1 aromatic carbocycles. The van der Waals surface area contributed by atoms with Gasteiger partial charge in [0, 0.05) is 12.0 Å². The first-order chi connectivity index (χ1) is 9.18. The lowest BCUT2D eigenvalue weighted by Crippen LogP contribution is -2.03. The van der Waals surface area contributed by atoms with Crippen LogP contribution in [0.15, 0.2) is 24.5 Å². The molecular formula is C12H10N4O3. The van der Waals surface area contributed by atoms with Gasteiger partial charge in [0.05, 0.1) is 11.5 Å². The van der Waals surface area contributed by atoms with Gasteiger partial charge in [0.15, 0.2) is 5.69 Å². The number of hydrogen-bond donors (Lipinski definition) is 1. The number of aromatic nitrogens is 2. The highest BCUT2D eigenvalue weighted by atomic mass is 16.6. The third-order valence-electron chi connectivity index (χ3n) is 3.00. The van der Waals surface area contributed by atoms with E-state index in [1.165, 1.54) is 6.33 Å². The summed E-state index contributed by atoms with van der Waals surface area (Å²) in [4.78, 5) is 18.2. The number of nitrogen functional groups attached to an aromatic ring is 1. The van der Waals surface area contributed by atoms with Crippen molar-refractivity contribution in [2.24, 2.45) is 0 Å². The monoisotopic (exact) mass is 258 g/mol. The first-order valence-electron chi connectivity index (χ1n) is 5.68. The fourth-order valence-corrected chi connectivity index (χ4v) is 2.17. The molecule has 1 aliphatic heterocycles. The average Bonchev–Trinajstić information content (AvgIpc) is 2.85. The fraction of sp³-hybridized carbons (Fsp3) is 0.167. The Morgan fingerprint density at radius 3 is 3.00 bits per heavy atom. The molecule has 0 radical (unpaired) electrons. The number of fused-ring (bicyclic) bond motifs is 1. The molecule has 0 saturated carbocycles. The van der Waals surface area contributed by atoms with Gasteiger partial charge in [0.25, 0.3) is 0 Å². The summed E-state index contributed by atoms with van der Waals surface area (Å²) >= 11 is 0. The highest BCUT2D eigenvalue weighted by molar-refractivity contribution is 5.80. The molecule has 3 rings (SSSR count). The second-order valence-corrected chi connectivity index (χ2v) is 4.11. The van der Waals surface area contributed by atoms with E-state index < -0.39 is 4.92 Å². The number of nitro groups is 1. The summed E-state index contributed by atoms with van der Waals surface area (Å²) < 4.78 is 5.53. The van der Waals surface area contributed by atoms with E-state index in [1.54, 1.807) is 6.07 Å².